The van der Waals surface area contributed by atoms with Crippen LogP contribution in [-0.2, 0) is 9.59 Å². The van der Waals surface area contributed by atoms with E-state index < -0.39 is 5.91 Å². The summed E-state index contributed by atoms with van der Waals surface area (Å²) in [5.41, 5.74) is 4.50. The van der Waals surface area contributed by atoms with Gasteiger partial charge in [-0.2, -0.15) is 5.10 Å². The first-order valence-electron chi connectivity index (χ1n) is 7.64. The highest BCUT2D eigenvalue weighted by molar-refractivity contribution is 6.34. The molecule has 0 spiro atoms. The summed E-state index contributed by atoms with van der Waals surface area (Å²) in [6.45, 7) is 2.94. The van der Waals surface area contributed by atoms with Crippen LogP contribution in [0, 0.1) is 0 Å². The molecule has 2 aromatic carbocycles. The van der Waals surface area contributed by atoms with Crippen LogP contribution in [0.4, 0.5) is 5.69 Å². The molecule has 6 nitrogen and oxygen atoms in total. The predicted octanol–water partition coefficient (Wildman–Crippen LogP) is 3.87. The van der Waals surface area contributed by atoms with E-state index in [1.807, 2.05) is 0 Å². The molecule has 0 aliphatic heterocycles. The van der Waals surface area contributed by atoms with Crippen molar-refractivity contribution in [3.05, 3.63) is 58.1 Å². The largest absolute Gasteiger partial charge is 0.482 e. The van der Waals surface area contributed by atoms with Gasteiger partial charge in [-0.05, 0) is 36.8 Å². The Balaban J connectivity index is 1.90. The molecule has 0 saturated carbocycles. The number of ether oxygens (including phenoxy) is 1. The minimum atomic E-state index is -0.435. The topological polar surface area (TPSA) is 79.8 Å². The highest BCUT2D eigenvalue weighted by Crippen LogP contribution is 2.27. The van der Waals surface area contributed by atoms with Crippen molar-refractivity contribution in [1.29, 1.82) is 0 Å². The molecule has 0 bridgehead atoms. The minimum Gasteiger partial charge on any atom is -0.482 e. The van der Waals surface area contributed by atoms with Gasteiger partial charge in [-0.1, -0.05) is 35.3 Å². The molecule has 0 heterocycles. The van der Waals surface area contributed by atoms with Crippen molar-refractivity contribution >= 4 is 46.4 Å². The SMILES string of the molecule is CC(=O)Nc1ccc(/C(C)=N\NC(=O)COc2cc(Cl)ccc2Cl)cc1. The molecular weight excluding hydrogens is 377 g/mol. The maximum Gasteiger partial charge on any atom is 0.277 e. The number of halogens is 2. The first-order chi connectivity index (χ1) is 12.3. The number of hydrogen-bond acceptors (Lipinski definition) is 4. The van der Waals surface area contributed by atoms with Crippen molar-refractivity contribution in [3.8, 4) is 5.75 Å². The van der Waals surface area contributed by atoms with Crippen molar-refractivity contribution < 1.29 is 14.3 Å². The van der Waals surface area contributed by atoms with Gasteiger partial charge in [-0.15, -0.1) is 0 Å². The van der Waals surface area contributed by atoms with Gasteiger partial charge < -0.3 is 10.1 Å². The number of rotatable bonds is 6. The van der Waals surface area contributed by atoms with E-state index >= 15 is 0 Å². The Kier molecular flexibility index (Phi) is 7.00. The molecule has 2 N–H and O–H groups in total. The highest BCUT2D eigenvalue weighted by Gasteiger charge is 2.07. The van der Waals surface area contributed by atoms with Crippen molar-refractivity contribution in [3.63, 3.8) is 0 Å². The van der Waals surface area contributed by atoms with Crippen LogP contribution in [0.2, 0.25) is 10.0 Å². The van der Waals surface area contributed by atoms with Crippen molar-refractivity contribution in [2.45, 2.75) is 13.8 Å². The van der Waals surface area contributed by atoms with E-state index in [2.05, 4.69) is 15.8 Å². The Morgan fingerprint density at radius 3 is 2.42 bits per heavy atom. The van der Waals surface area contributed by atoms with Crippen molar-refractivity contribution in [1.82, 2.24) is 5.43 Å². The Morgan fingerprint density at radius 2 is 1.77 bits per heavy atom. The lowest BCUT2D eigenvalue weighted by Crippen LogP contribution is -2.25. The Bertz CT molecular complexity index is 836. The third-order valence-corrected chi connectivity index (χ3v) is 3.77. The number of nitrogens with zero attached hydrogens (tertiary/aromatic N) is 1. The van der Waals surface area contributed by atoms with Gasteiger partial charge in [-0.3, -0.25) is 9.59 Å². The normalized spacial score (nSPS) is 11.0. The Morgan fingerprint density at radius 1 is 1.08 bits per heavy atom. The third-order valence-electron chi connectivity index (χ3n) is 3.22. The molecule has 2 amide bonds. The van der Waals surface area contributed by atoms with E-state index in [1.54, 1.807) is 43.3 Å². The number of amides is 2. The molecule has 0 fully saturated rings. The van der Waals surface area contributed by atoms with Crippen LogP contribution in [0.5, 0.6) is 5.75 Å². The Labute approximate surface area is 161 Å². The monoisotopic (exact) mass is 393 g/mol. The van der Waals surface area contributed by atoms with E-state index in [-0.39, 0.29) is 12.5 Å². The van der Waals surface area contributed by atoms with Crippen LogP contribution in [0.15, 0.2) is 47.6 Å². The molecule has 0 aromatic heterocycles. The molecular formula is C18H17Cl2N3O3. The van der Waals surface area contributed by atoms with Crippen LogP contribution in [0.25, 0.3) is 0 Å². The fourth-order valence-corrected chi connectivity index (χ4v) is 2.31. The van der Waals surface area contributed by atoms with E-state index in [1.165, 1.54) is 13.0 Å². The van der Waals surface area contributed by atoms with E-state index in [4.69, 9.17) is 27.9 Å². The van der Waals surface area contributed by atoms with Crippen LogP contribution in [-0.4, -0.2) is 24.1 Å². The molecule has 0 aliphatic rings. The van der Waals surface area contributed by atoms with Gasteiger partial charge in [0.25, 0.3) is 5.91 Å². The summed E-state index contributed by atoms with van der Waals surface area (Å²) in [6.07, 6.45) is 0. The second kappa shape index (κ2) is 9.22. The standard InChI is InChI=1S/C18H17Cl2N3O3/c1-11(13-3-6-15(7-4-13)21-12(2)24)22-23-18(25)10-26-17-9-14(19)5-8-16(17)20/h3-9H,10H2,1-2H3,(H,21,24)(H,23,25)/b22-11-. The van der Waals surface area contributed by atoms with Gasteiger partial charge in [0.15, 0.2) is 6.61 Å². The second-order valence-corrected chi connectivity index (χ2v) is 6.20. The van der Waals surface area contributed by atoms with E-state index in [0.717, 1.165) is 5.56 Å². The van der Waals surface area contributed by atoms with Gasteiger partial charge in [0, 0.05) is 23.7 Å². The van der Waals surface area contributed by atoms with Gasteiger partial charge in [-0.25, -0.2) is 5.43 Å². The maximum atomic E-state index is 11.9. The number of hydrogen-bond donors (Lipinski definition) is 2. The first kappa shape index (κ1) is 19.8. The zero-order valence-electron chi connectivity index (χ0n) is 14.2. The zero-order chi connectivity index (χ0) is 19.1. The molecule has 0 atom stereocenters. The van der Waals surface area contributed by atoms with Crippen molar-refractivity contribution in [2.24, 2.45) is 5.10 Å². The van der Waals surface area contributed by atoms with E-state index in [9.17, 15) is 9.59 Å². The van der Waals surface area contributed by atoms with Crippen LogP contribution >= 0.6 is 23.2 Å². The first-order valence-corrected chi connectivity index (χ1v) is 8.40. The highest BCUT2D eigenvalue weighted by atomic mass is 35.5. The van der Waals surface area contributed by atoms with Crippen LogP contribution in [0.3, 0.4) is 0 Å². The average molecular weight is 394 g/mol. The summed E-state index contributed by atoms with van der Waals surface area (Å²) < 4.78 is 5.33. The molecule has 2 aromatic rings. The molecule has 26 heavy (non-hydrogen) atoms. The van der Waals surface area contributed by atoms with Gasteiger partial charge >= 0.3 is 0 Å². The van der Waals surface area contributed by atoms with Crippen molar-refractivity contribution in [2.75, 3.05) is 11.9 Å². The predicted molar refractivity (Wildman–Crippen MR) is 103 cm³/mol. The van der Waals surface area contributed by atoms with Gasteiger partial charge in [0.2, 0.25) is 5.91 Å². The number of carbonyl (C=O) groups excluding carboxylic acids is 2. The molecule has 0 saturated heterocycles. The summed E-state index contributed by atoms with van der Waals surface area (Å²) in [5.74, 6) is -0.256. The number of carbonyl (C=O) groups is 2. The number of hydrazone groups is 1. The lowest BCUT2D eigenvalue weighted by Gasteiger charge is -2.08. The number of benzene rings is 2. The van der Waals surface area contributed by atoms with E-state index in [0.29, 0.717) is 27.2 Å². The minimum absolute atomic E-state index is 0.143. The molecule has 0 aliphatic carbocycles. The smallest absolute Gasteiger partial charge is 0.277 e. The van der Waals surface area contributed by atoms with Crippen LogP contribution < -0.4 is 15.5 Å². The summed E-state index contributed by atoms with van der Waals surface area (Å²) in [7, 11) is 0. The molecule has 0 unspecified atom stereocenters. The fraction of sp³-hybridized carbons (Fsp3) is 0.167. The molecule has 8 heteroatoms. The summed E-state index contributed by atoms with van der Waals surface area (Å²) in [6, 6.07) is 11.8. The third kappa shape index (κ3) is 6.06. The number of anilines is 1. The van der Waals surface area contributed by atoms with Gasteiger partial charge in [0.1, 0.15) is 5.75 Å². The molecule has 136 valence electrons. The molecule has 2 rings (SSSR count). The average Bonchev–Trinajstić information content (AvgIpc) is 2.60. The Hall–Kier alpha value is -2.57. The quantitative estimate of drug-likeness (QED) is 0.577. The maximum absolute atomic E-state index is 11.9. The summed E-state index contributed by atoms with van der Waals surface area (Å²) in [5, 5.41) is 7.53. The fourth-order valence-electron chi connectivity index (χ4n) is 1.97. The summed E-state index contributed by atoms with van der Waals surface area (Å²) >= 11 is 11.8. The van der Waals surface area contributed by atoms with Crippen LogP contribution in [0.1, 0.15) is 19.4 Å². The summed E-state index contributed by atoms with van der Waals surface area (Å²) in [4.78, 5) is 22.9. The second-order valence-electron chi connectivity index (χ2n) is 5.35. The number of nitrogens with one attached hydrogen (secondary N) is 2. The zero-order valence-corrected chi connectivity index (χ0v) is 15.7. The molecule has 0 radical (unpaired) electrons. The van der Waals surface area contributed by atoms with Gasteiger partial charge in [0.05, 0.1) is 10.7 Å². The lowest BCUT2D eigenvalue weighted by molar-refractivity contribution is -0.123. The lowest BCUT2D eigenvalue weighted by atomic mass is 10.1.